The van der Waals surface area contributed by atoms with E-state index in [0.29, 0.717) is 36.3 Å². The van der Waals surface area contributed by atoms with E-state index in [-0.39, 0.29) is 63.8 Å². The van der Waals surface area contributed by atoms with Gasteiger partial charge in [0.1, 0.15) is 53.6 Å². The van der Waals surface area contributed by atoms with Crippen molar-refractivity contribution in [2.24, 2.45) is 0 Å². The van der Waals surface area contributed by atoms with E-state index < -0.39 is 29.3 Å². The van der Waals surface area contributed by atoms with Crippen molar-refractivity contribution < 1.29 is 32.5 Å². The SMILES string of the molecule is C#Cc1c(F)ccc2cc(O)cc(-c3ncc4c(-c5ccc6n5CCOC6=O)nc(OC[C@@]56CCCN5C[C@H](F)C6)nc4c3F)c12. The number of rotatable bonds is 5. The van der Waals surface area contributed by atoms with Crippen molar-refractivity contribution in [1.29, 1.82) is 0 Å². The van der Waals surface area contributed by atoms with Crippen molar-refractivity contribution in [3.63, 3.8) is 0 Å². The Kier molecular flexibility index (Phi) is 6.44. The standard InChI is InChI=1S/C34H26F3N5O4/c1-2-21-24(36)5-4-18-12-20(43)13-22(27(18)21)30-28(37)31-23(15-38-30)29(25-6-7-26-32(44)45-11-10-42(25)26)39-33(40-31)46-17-34-8-3-9-41(34)16-19(35)14-34/h1,4-7,12-13,15,19,43H,3,8-11,14,16-17H2/t19-,34+/m1/s1. The van der Waals surface area contributed by atoms with Gasteiger partial charge in [-0.25, -0.2) is 18.0 Å². The van der Waals surface area contributed by atoms with Gasteiger partial charge < -0.3 is 19.1 Å². The number of fused-ring (bicyclic) bond motifs is 4. The molecule has 2 saturated heterocycles. The average Bonchev–Trinajstić information content (AvgIpc) is 3.73. The number of hydrogen-bond donors (Lipinski definition) is 1. The predicted octanol–water partition coefficient (Wildman–Crippen LogP) is 5.40. The monoisotopic (exact) mass is 625 g/mol. The van der Waals surface area contributed by atoms with Crippen LogP contribution in [0.1, 0.15) is 35.3 Å². The lowest BCUT2D eigenvalue weighted by molar-refractivity contribution is 0.0423. The topological polar surface area (TPSA) is 103 Å². The molecule has 3 aromatic heterocycles. The first-order chi connectivity index (χ1) is 22.3. The maximum absolute atomic E-state index is 16.8. The fourth-order valence-corrected chi connectivity index (χ4v) is 7.28. The molecule has 9 nitrogen and oxygen atoms in total. The van der Waals surface area contributed by atoms with Crippen LogP contribution in [0.25, 0.3) is 44.3 Å². The molecule has 1 N–H and O–H groups in total. The Hall–Kier alpha value is -5.15. The molecule has 2 aromatic carbocycles. The second-order valence-corrected chi connectivity index (χ2v) is 12.0. The van der Waals surface area contributed by atoms with Gasteiger partial charge >= 0.3 is 12.0 Å². The number of halogens is 3. The van der Waals surface area contributed by atoms with Crippen molar-refractivity contribution in [3.8, 4) is 46.7 Å². The van der Waals surface area contributed by atoms with Crippen LogP contribution >= 0.6 is 0 Å². The Labute approximate surface area is 260 Å². The normalized spacial score (nSPS) is 20.9. The summed E-state index contributed by atoms with van der Waals surface area (Å²) in [4.78, 5) is 28.1. The van der Waals surface area contributed by atoms with Crippen LogP contribution in [0, 0.1) is 24.0 Å². The lowest BCUT2D eigenvalue weighted by Crippen LogP contribution is -2.43. The quantitative estimate of drug-likeness (QED) is 0.205. The number of aromatic hydroxyl groups is 1. The molecule has 0 unspecified atom stereocenters. The number of nitrogens with zero attached hydrogens (tertiary/aromatic N) is 5. The number of ether oxygens (including phenoxy) is 2. The molecule has 232 valence electrons. The van der Waals surface area contributed by atoms with Crippen LogP contribution in [0.15, 0.2) is 42.6 Å². The highest BCUT2D eigenvalue weighted by atomic mass is 19.1. The van der Waals surface area contributed by atoms with E-state index >= 15 is 4.39 Å². The van der Waals surface area contributed by atoms with Gasteiger partial charge in [0.25, 0.3) is 0 Å². The second-order valence-electron chi connectivity index (χ2n) is 12.0. The maximum Gasteiger partial charge on any atom is 0.355 e. The first kappa shape index (κ1) is 28.3. The molecular formula is C34H26F3N5O4. The summed E-state index contributed by atoms with van der Waals surface area (Å²) in [5, 5.41) is 11.3. The van der Waals surface area contributed by atoms with E-state index in [0.717, 1.165) is 19.4 Å². The molecule has 6 heterocycles. The van der Waals surface area contributed by atoms with Gasteiger partial charge in [0.15, 0.2) is 5.82 Å². The highest BCUT2D eigenvalue weighted by molar-refractivity contribution is 6.03. The Bertz CT molecular complexity index is 2140. The molecule has 46 heavy (non-hydrogen) atoms. The van der Waals surface area contributed by atoms with Gasteiger partial charge in [-0.3, -0.25) is 9.88 Å². The zero-order chi connectivity index (χ0) is 31.7. The van der Waals surface area contributed by atoms with E-state index in [1.54, 1.807) is 16.7 Å². The van der Waals surface area contributed by atoms with E-state index in [1.807, 2.05) is 0 Å². The Morgan fingerprint density at radius 2 is 1.98 bits per heavy atom. The number of pyridine rings is 1. The third-order valence-electron chi connectivity index (χ3n) is 9.33. The summed E-state index contributed by atoms with van der Waals surface area (Å²) in [6.07, 6.45) is 8.06. The predicted molar refractivity (Wildman–Crippen MR) is 162 cm³/mol. The van der Waals surface area contributed by atoms with Gasteiger partial charge in [0, 0.05) is 35.5 Å². The maximum atomic E-state index is 16.8. The summed E-state index contributed by atoms with van der Waals surface area (Å²) in [6, 6.07) is 8.46. The van der Waals surface area contributed by atoms with E-state index in [2.05, 4.69) is 25.8 Å². The van der Waals surface area contributed by atoms with Crippen molar-refractivity contribution in [3.05, 3.63) is 65.5 Å². The molecule has 2 fully saturated rings. The number of hydrogen-bond acceptors (Lipinski definition) is 8. The Morgan fingerprint density at radius 1 is 1.13 bits per heavy atom. The summed E-state index contributed by atoms with van der Waals surface area (Å²) in [6.45, 7) is 1.71. The second kappa shape index (κ2) is 10.5. The molecule has 0 spiro atoms. The summed E-state index contributed by atoms with van der Waals surface area (Å²) >= 11 is 0. The van der Waals surface area contributed by atoms with Crippen LogP contribution in [0.3, 0.4) is 0 Å². The van der Waals surface area contributed by atoms with Gasteiger partial charge in [0.05, 0.1) is 23.3 Å². The number of phenols is 1. The molecule has 3 aliphatic heterocycles. The average molecular weight is 626 g/mol. The number of terminal acetylenes is 1. The summed E-state index contributed by atoms with van der Waals surface area (Å²) in [5.41, 5.74) is 0.190. The lowest BCUT2D eigenvalue weighted by atomic mass is 9.95. The third kappa shape index (κ3) is 4.29. The molecule has 8 rings (SSSR count). The number of phenolic OH excluding ortho intramolecular Hbond substituents is 1. The van der Waals surface area contributed by atoms with Crippen molar-refractivity contribution in [2.45, 2.75) is 37.5 Å². The Balaban J connectivity index is 1.33. The van der Waals surface area contributed by atoms with Crippen molar-refractivity contribution in [1.82, 2.24) is 24.4 Å². The molecule has 2 atom stereocenters. The summed E-state index contributed by atoms with van der Waals surface area (Å²) in [7, 11) is 0. The highest BCUT2D eigenvalue weighted by Crippen LogP contribution is 2.42. The minimum absolute atomic E-state index is 0.0766. The smallest absolute Gasteiger partial charge is 0.355 e. The molecule has 12 heteroatoms. The summed E-state index contributed by atoms with van der Waals surface area (Å²) in [5.74, 6) is 0.0958. The van der Waals surface area contributed by atoms with E-state index in [4.69, 9.17) is 15.9 Å². The van der Waals surface area contributed by atoms with Crippen LogP contribution in [0.4, 0.5) is 13.2 Å². The lowest BCUT2D eigenvalue weighted by Gasteiger charge is -2.30. The third-order valence-corrected chi connectivity index (χ3v) is 9.33. The van der Waals surface area contributed by atoms with Gasteiger partial charge in [-0.15, -0.1) is 6.42 Å². The molecule has 0 aliphatic carbocycles. The minimum atomic E-state index is -0.968. The van der Waals surface area contributed by atoms with Gasteiger partial charge in [-0.1, -0.05) is 12.0 Å². The van der Waals surface area contributed by atoms with Crippen LogP contribution < -0.4 is 4.74 Å². The fraction of sp³-hybridized carbons (Fsp3) is 0.294. The van der Waals surface area contributed by atoms with Crippen LogP contribution in [0.2, 0.25) is 0 Å². The van der Waals surface area contributed by atoms with Crippen molar-refractivity contribution in [2.75, 3.05) is 26.3 Å². The number of cyclic esters (lactones) is 1. The van der Waals surface area contributed by atoms with Gasteiger partial charge in [-0.2, -0.15) is 9.97 Å². The molecule has 3 aliphatic rings. The fourth-order valence-electron chi connectivity index (χ4n) is 7.28. The van der Waals surface area contributed by atoms with Gasteiger partial charge in [0.2, 0.25) is 0 Å². The first-order valence-electron chi connectivity index (χ1n) is 14.9. The number of alkyl halides is 1. The molecular weight excluding hydrogens is 599 g/mol. The number of carbonyl (C=O) groups is 1. The zero-order valence-electron chi connectivity index (χ0n) is 24.4. The van der Waals surface area contributed by atoms with Crippen LogP contribution in [0.5, 0.6) is 11.8 Å². The molecule has 0 bridgehead atoms. The molecule has 0 radical (unpaired) electrons. The van der Waals surface area contributed by atoms with Crippen molar-refractivity contribution >= 4 is 27.6 Å². The number of esters is 1. The number of aromatic nitrogens is 4. The van der Waals surface area contributed by atoms with E-state index in [1.165, 1.54) is 30.5 Å². The minimum Gasteiger partial charge on any atom is -0.508 e. The summed E-state index contributed by atoms with van der Waals surface area (Å²) < 4.78 is 59.1. The highest BCUT2D eigenvalue weighted by Gasteiger charge is 2.49. The largest absolute Gasteiger partial charge is 0.508 e. The molecule has 0 saturated carbocycles. The Morgan fingerprint density at radius 3 is 2.83 bits per heavy atom. The van der Waals surface area contributed by atoms with Crippen LogP contribution in [-0.2, 0) is 11.3 Å². The number of benzene rings is 2. The number of carbonyl (C=O) groups excluding carboxylic acids is 1. The molecule has 5 aromatic rings. The van der Waals surface area contributed by atoms with Crippen LogP contribution in [-0.4, -0.2) is 73.5 Å². The molecule has 0 amide bonds. The zero-order valence-corrected chi connectivity index (χ0v) is 24.4. The van der Waals surface area contributed by atoms with Gasteiger partial charge in [-0.05, 0) is 55.1 Å². The van der Waals surface area contributed by atoms with E-state index in [9.17, 15) is 18.7 Å². The first-order valence-corrected chi connectivity index (χ1v) is 14.9.